The van der Waals surface area contributed by atoms with Crippen LogP contribution >= 0.6 is 0 Å². The lowest BCUT2D eigenvalue weighted by molar-refractivity contribution is -0.124. The molecule has 1 atom stereocenters. The molecule has 0 aromatic heterocycles. The first-order chi connectivity index (χ1) is 13.1. The van der Waals surface area contributed by atoms with Crippen molar-refractivity contribution >= 4 is 5.91 Å². The van der Waals surface area contributed by atoms with Gasteiger partial charge in [0.2, 0.25) is 0 Å². The van der Waals surface area contributed by atoms with Gasteiger partial charge < -0.3 is 14.8 Å². The molecular weight excluding hydrogens is 340 g/mol. The smallest absolute Gasteiger partial charge is 0.258 e. The normalized spacial score (nSPS) is 15.9. The minimum atomic E-state index is -0.111. The summed E-state index contributed by atoms with van der Waals surface area (Å²) in [6.45, 7) is 8.02. The molecule has 0 saturated carbocycles. The second-order valence-corrected chi connectivity index (χ2v) is 6.95. The van der Waals surface area contributed by atoms with Gasteiger partial charge in [-0.1, -0.05) is 48.5 Å². The average molecular weight is 368 g/mol. The highest BCUT2D eigenvalue weighted by Crippen LogP contribution is 2.22. The van der Waals surface area contributed by atoms with E-state index in [0.717, 1.165) is 55.3 Å². The van der Waals surface area contributed by atoms with Crippen molar-refractivity contribution in [3.63, 3.8) is 0 Å². The summed E-state index contributed by atoms with van der Waals surface area (Å²) in [4.78, 5) is 14.9. The molecule has 0 aliphatic carbocycles. The number of nitrogens with one attached hydrogen (secondary N) is 1. The second kappa shape index (κ2) is 9.53. The monoisotopic (exact) mass is 368 g/mol. The Labute approximate surface area is 161 Å². The average Bonchev–Trinajstić information content (AvgIpc) is 2.68. The van der Waals surface area contributed by atoms with Crippen LogP contribution in [-0.2, 0) is 9.53 Å². The number of carbonyl (C=O) groups excluding carboxylic acids is 1. The Bertz CT molecular complexity index is 722. The predicted octanol–water partition coefficient (Wildman–Crippen LogP) is 2.87. The zero-order chi connectivity index (χ0) is 19.1. The van der Waals surface area contributed by atoms with Gasteiger partial charge in [-0.15, -0.1) is 0 Å². The third kappa shape index (κ3) is 5.55. The van der Waals surface area contributed by atoms with E-state index in [2.05, 4.69) is 22.3 Å². The minimum Gasteiger partial charge on any atom is -0.483 e. The summed E-state index contributed by atoms with van der Waals surface area (Å²) < 4.78 is 11.2. The first kappa shape index (κ1) is 19.4. The second-order valence-electron chi connectivity index (χ2n) is 6.95. The van der Waals surface area contributed by atoms with Crippen LogP contribution in [0.5, 0.6) is 5.75 Å². The summed E-state index contributed by atoms with van der Waals surface area (Å²) in [5.41, 5.74) is 3.18. The lowest BCUT2D eigenvalue weighted by atomic mass is 10.1. The first-order valence-corrected chi connectivity index (χ1v) is 9.47. The minimum absolute atomic E-state index is 0.0120. The molecule has 0 bridgehead atoms. The fraction of sp³-hybridized carbons (Fsp3) is 0.409. The largest absolute Gasteiger partial charge is 0.483 e. The number of morpholine rings is 1. The number of ether oxygens (including phenoxy) is 2. The number of carbonyl (C=O) groups is 1. The van der Waals surface area contributed by atoms with Gasteiger partial charge in [-0.25, -0.2) is 0 Å². The molecule has 0 radical (unpaired) electrons. The number of para-hydroxylation sites is 1. The van der Waals surface area contributed by atoms with Crippen LogP contribution in [0.15, 0.2) is 48.5 Å². The molecule has 1 fully saturated rings. The maximum Gasteiger partial charge on any atom is 0.258 e. The molecular formula is C22H28N2O3. The van der Waals surface area contributed by atoms with Crippen LogP contribution < -0.4 is 10.1 Å². The SMILES string of the molecule is Cc1cccc(C)c1OCC(=O)N[C@@H](CN1CCOCC1)c1ccccc1. The number of amides is 1. The van der Waals surface area contributed by atoms with Gasteiger partial charge in [0, 0.05) is 19.6 Å². The number of hydrogen-bond acceptors (Lipinski definition) is 4. The topological polar surface area (TPSA) is 50.8 Å². The van der Waals surface area contributed by atoms with E-state index in [4.69, 9.17) is 9.47 Å². The quantitative estimate of drug-likeness (QED) is 0.817. The summed E-state index contributed by atoms with van der Waals surface area (Å²) in [5.74, 6) is 0.678. The van der Waals surface area contributed by atoms with Gasteiger partial charge in [0.05, 0.1) is 19.3 Å². The van der Waals surface area contributed by atoms with E-state index in [-0.39, 0.29) is 18.6 Å². The summed E-state index contributed by atoms with van der Waals surface area (Å²) in [7, 11) is 0. The van der Waals surface area contributed by atoms with E-state index in [1.807, 2.05) is 50.2 Å². The van der Waals surface area contributed by atoms with E-state index in [1.54, 1.807) is 0 Å². The number of hydrogen-bond donors (Lipinski definition) is 1. The Morgan fingerprint density at radius 1 is 1.07 bits per heavy atom. The maximum atomic E-state index is 12.6. The zero-order valence-corrected chi connectivity index (χ0v) is 16.1. The Kier molecular flexibility index (Phi) is 6.85. The van der Waals surface area contributed by atoms with E-state index in [0.29, 0.717) is 0 Å². The Morgan fingerprint density at radius 3 is 2.41 bits per heavy atom. The Balaban J connectivity index is 1.63. The Morgan fingerprint density at radius 2 is 1.74 bits per heavy atom. The first-order valence-electron chi connectivity index (χ1n) is 9.47. The fourth-order valence-corrected chi connectivity index (χ4v) is 3.36. The lowest BCUT2D eigenvalue weighted by Crippen LogP contribution is -2.44. The van der Waals surface area contributed by atoms with E-state index >= 15 is 0 Å². The van der Waals surface area contributed by atoms with Crippen molar-refractivity contribution in [2.75, 3.05) is 39.5 Å². The van der Waals surface area contributed by atoms with E-state index in [9.17, 15) is 4.79 Å². The molecule has 1 amide bonds. The van der Waals surface area contributed by atoms with Crippen LogP contribution in [0.1, 0.15) is 22.7 Å². The third-order valence-electron chi connectivity index (χ3n) is 4.84. The van der Waals surface area contributed by atoms with E-state index in [1.165, 1.54) is 0 Å². The van der Waals surface area contributed by atoms with Gasteiger partial charge in [0.25, 0.3) is 5.91 Å². The number of rotatable bonds is 7. The highest BCUT2D eigenvalue weighted by Gasteiger charge is 2.20. The number of benzene rings is 2. The van der Waals surface area contributed by atoms with Crippen molar-refractivity contribution < 1.29 is 14.3 Å². The van der Waals surface area contributed by atoms with Crippen molar-refractivity contribution in [1.82, 2.24) is 10.2 Å². The lowest BCUT2D eigenvalue weighted by Gasteiger charge is -2.31. The molecule has 1 heterocycles. The van der Waals surface area contributed by atoms with E-state index < -0.39 is 0 Å². The summed E-state index contributed by atoms with van der Waals surface area (Å²) >= 11 is 0. The molecule has 1 N–H and O–H groups in total. The number of aryl methyl sites for hydroxylation is 2. The van der Waals surface area contributed by atoms with Crippen LogP contribution in [0.4, 0.5) is 0 Å². The van der Waals surface area contributed by atoms with Crippen molar-refractivity contribution in [3.05, 3.63) is 65.2 Å². The van der Waals surface area contributed by atoms with Crippen molar-refractivity contribution in [2.24, 2.45) is 0 Å². The van der Waals surface area contributed by atoms with Crippen LogP contribution in [0, 0.1) is 13.8 Å². The highest BCUT2D eigenvalue weighted by molar-refractivity contribution is 5.78. The van der Waals surface area contributed by atoms with Crippen molar-refractivity contribution in [3.8, 4) is 5.75 Å². The maximum absolute atomic E-state index is 12.6. The fourth-order valence-electron chi connectivity index (χ4n) is 3.36. The van der Waals surface area contributed by atoms with Gasteiger partial charge >= 0.3 is 0 Å². The molecule has 0 spiro atoms. The molecule has 3 rings (SSSR count). The zero-order valence-electron chi connectivity index (χ0n) is 16.1. The van der Waals surface area contributed by atoms with Gasteiger partial charge in [0.1, 0.15) is 5.75 Å². The van der Waals surface area contributed by atoms with Crippen LogP contribution in [-0.4, -0.2) is 50.3 Å². The van der Waals surface area contributed by atoms with Gasteiger partial charge in [-0.2, -0.15) is 0 Å². The summed E-state index contributed by atoms with van der Waals surface area (Å²) in [6.07, 6.45) is 0. The molecule has 1 saturated heterocycles. The summed E-state index contributed by atoms with van der Waals surface area (Å²) in [6, 6.07) is 16.0. The van der Waals surface area contributed by atoms with Crippen molar-refractivity contribution in [1.29, 1.82) is 0 Å². The van der Waals surface area contributed by atoms with Crippen LogP contribution in [0.3, 0.4) is 0 Å². The van der Waals surface area contributed by atoms with Gasteiger partial charge in [-0.3, -0.25) is 9.69 Å². The van der Waals surface area contributed by atoms with Crippen LogP contribution in [0.25, 0.3) is 0 Å². The molecule has 1 aliphatic rings. The molecule has 0 unspecified atom stereocenters. The molecule has 5 nitrogen and oxygen atoms in total. The molecule has 1 aliphatic heterocycles. The highest BCUT2D eigenvalue weighted by atomic mass is 16.5. The summed E-state index contributed by atoms with van der Waals surface area (Å²) in [5, 5.41) is 3.14. The molecule has 144 valence electrons. The Hall–Kier alpha value is -2.37. The molecule has 2 aromatic rings. The molecule has 5 heteroatoms. The van der Waals surface area contributed by atoms with Gasteiger partial charge in [-0.05, 0) is 30.5 Å². The van der Waals surface area contributed by atoms with Crippen LogP contribution in [0.2, 0.25) is 0 Å². The third-order valence-corrected chi connectivity index (χ3v) is 4.84. The molecule has 27 heavy (non-hydrogen) atoms. The molecule has 2 aromatic carbocycles. The standard InChI is InChI=1S/C22H28N2O3/c1-17-7-6-8-18(2)22(17)27-16-21(25)23-20(19-9-4-3-5-10-19)15-24-11-13-26-14-12-24/h3-10,20H,11-16H2,1-2H3,(H,23,25)/t20-/m0/s1. The van der Waals surface area contributed by atoms with Gasteiger partial charge in [0.15, 0.2) is 6.61 Å². The number of nitrogens with zero attached hydrogens (tertiary/aromatic N) is 1. The van der Waals surface area contributed by atoms with Crippen molar-refractivity contribution in [2.45, 2.75) is 19.9 Å². The predicted molar refractivity (Wildman–Crippen MR) is 106 cm³/mol.